The van der Waals surface area contributed by atoms with Crippen molar-refractivity contribution in [3.8, 4) is 0 Å². The van der Waals surface area contributed by atoms with E-state index in [1.165, 1.54) is 0 Å². The maximum Gasteiger partial charge on any atom is 0.186 e. The molecule has 3 atom stereocenters. The molecule has 1 aromatic heterocycles. The number of fused-ring (bicyclic) bond motifs is 1. The zero-order valence-electron chi connectivity index (χ0n) is 10.9. The second-order valence-corrected chi connectivity index (χ2v) is 6.39. The van der Waals surface area contributed by atoms with Crippen molar-refractivity contribution in [2.24, 2.45) is 0 Å². The molecule has 1 unspecified atom stereocenters. The number of aromatic nitrogens is 1. The smallest absolute Gasteiger partial charge is 0.186 e. The first-order valence-corrected chi connectivity index (χ1v) is 7.53. The van der Waals surface area contributed by atoms with Crippen molar-refractivity contribution in [3.63, 3.8) is 0 Å². The van der Waals surface area contributed by atoms with Crippen LogP contribution >= 0.6 is 11.3 Å². The number of aryl methyl sites for hydroxylation is 1. The summed E-state index contributed by atoms with van der Waals surface area (Å²) < 4.78 is 5.75. The van der Waals surface area contributed by atoms with Crippen LogP contribution < -0.4 is 4.90 Å². The summed E-state index contributed by atoms with van der Waals surface area (Å²) in [5.41, 5.74) is 1.11. The van der Waals surface area contributed by atoms with Gasteiger partial charge in [-0.3, -0.25) is 0 Å². The number of aliphatic hydroxyl groups excluding tert-OH is 1. The molecule has 0 radical (unpaired) electrons. The molecule has 2 heterocycles. The Morgan fingerprint density at radius 3 is 2.72 bits per heavy atom. The normalized spacial score (nSPS) is 32.4. The Morgan fingerprint density at radius 2 is 2.06 bits per heavy atom. The Hall–Kier alpha value is -0.650. The van der Waals surface area contributed by atoms with E-state index < -0.39 is 0 Å². The van der Waals surface area contributed by atoms with E-state index in [0.717, 1.165) is 48.1 Å². The lowest BCUT2D eigenvalue weighted by molar-refractivity contribution is -0.00523. The Labute approximate surface area is 112 Å². The lowest BCUT2D eigenvalue weighted by Gasteiger charge is -2.35. The fraction of sp³-hybridized carbons (Fsp3) is 0.769. The average Bonchev–Trinajstić information content (AvgIpc) is 2.73. The molecule has 0 aromatic carbocycles. The van der Waals surface area contributed by atoms with E-state index in [1.807, 2.05) is 0 Å². The number of thiazole rings is 1. The van der Waals surface area contributed by atoms with Crippen LogP contribution in [0.3, 0.4) is 0 Å². The van der Waals surface area contributed by atoms with Gasteiger partial charge in [-0.15, -0.1) is 0 Å². The Kier molecular flexibility index (Phi) is 3.30. The minimum Gasteiger partial charge on any atom is -0.388 e. The van der Waals surface area contributed by atoms with Crippen LogP contribution in [-0.2, 0) is 11.2 Å². The van der Waals surface area contributed by atoms with Gasteiger partial charge in [-0.2, -0.15) is 0 Å². The molecular weight excluding hydrogens is 248 g/mol. The van der Waals surface area contributed by atoms with Crippen LogP contribution in [0.4, 0.5) is 5.13 Å². The summed E-state index contributed by atoms with van der Waals surface area (Å²) in [6, 6.07) is 0. The van der Waals surface area contributed by atoms with Gasteiger partial charge in [-0.25, -0.2) is 4.98 Å². The van der Waals surface area contributed by atoms with E-state index in [9.17, 15) is 5.11 Å². The van der Waals surface area contributed by atoms with Crippen LogP contribution in [0.1, 0.15) is 43.4 Å². The number of morpholine rings is 1. The van der Waals surface area contributed by atoms with Gasteiger partial charge in [0.25, 0.3) is 0 Å². The number of nitrogens with zero attached hydrogens (tertiary/aromatic N) is 2. The third-order valence-electron chi connectivity index (χ3n) is 3.60. The summed E-state index contributed by atoms with van der Waals surface area (Å²) in [6.45, 7) is 6.00. The van der Waals surface area contributed by atoms with Gasteiger partial charge in [0.2, 0.25) is 0 Å². The number of ether oxygens (including phenoxy) is 1. The van der Waals surface area contributed by atoms with Crippen LogP contribution in [0.5, 0.6) is 0 Å². The van der Waals surface area contributed by atoms with Crippen LogP contribution in [-0.4, -0.2) is 35.4 Å². The van der Waals surface area contributed by atoms with E-state index >= 15 is 0 Å². The molecule has 0 amide bonds. The molecule has 4 nitrogen and oxygen atoms in total. The lowest BCUT2D eigenvalue weighted by Crippen LogP contribution is -2.45. The fourth-order valence-corrected chi connectivity index (χ4v) is 4.00. The van der Waals surface area contributed by atoms with Crippen LogP contribution in [0.2, 0.25) is 0 Å². The highest BCUT2D eigenvalue weighted by atomic mass is 32.1. The minimum absolute atomic E-state index is 0.250. The molecule has 100 valence electrons. The number of rotatable bonds is 1. The zero-order chi connectivity index (χ0) is 12.7. The predicted octanol–water partition coefficient (Wildman–Crippen LogP) is 2.13. The highest BCUT2D eigenvalue weighted by Crippen LogP contribution is 2.38. The number of hydrogen-bond acceptors (Lipinski definition) is 5. The average molecular weight is 268 g/mol. The van der Waals surface area contributed by atoms with Crippen molar-refractivity contribution in [2.45, 2.75) is 51.4 Å². The van der Waals surface area contributed by atoms with Crippen LogP contribution in [0, 0.1) is 0 Å². The maximum absolute atomic E-state index is 10.0. The monoisotopic (exact) mass is 268 g/mol. The first-order valence-electron chi connectivity index (χ1n) is 6.71. The molecule has 5 heteroatoms. The molecule has 0 saturated carbocycles. The Balaban J connectivity index is 1.84. The number of anilines is 1. The van der Waals surface area contributed by atoms with Gasteiger partial charge in [-0.1, -0.05) is 11.3 Å². The van der Waals surface area contributed by atoms with Crippen molar-refractivity contribution in [3.05, 3.63) is 10.6 Å². The first kappa shape index (κ1) is 12.4. The summed E-state index contributed by atoms with van der Waals surface area (Å²) in [4.78, 5) is 8.11. The molecule has 1 fully saturated rings. The SMILES string of the molecule is C[C@@H]1CN(c2nc3c(s2)C(O)CCC3)C[C@H](C)O1. The van der Waals surface area contributed by atoms with Gasteiger partial charge >= 0.3 is 0 Å². The molecule has 2 aliphatic rings. The Bertz CT molecular complexity index is 425. The molecule has 3 rings (SSSR count). The highest BCUT2D eigenvalue weighted by Gasteiger charge is 2.28. The standard InChI is InChI=1S/C13H20N2O2S/c1-8-6-15(7-9(2)17-8)13-14-10-4-3-5-11(16)12(10)18-13/h8-9,11,16H,3-7H2,1-2H3/t8-,9+,11?. The topological polar surface area (TPSA) is 45.6 Å². The van der Waals surface area contributed by atoms with Crippen LogP contribution in [0.15, 0.2) is 0 Å². The molecule has 0 spiro atoms. The van der Waals surface area contributed by atoms with E-state index in [1.54, 1.807) is 11.3 Å². The van der Waals surface area contributed by atoms with Crippen molar-refractivity contribution >= 4 is 16.5 Å². The lowest BCUT2D eigenvalue weighted by atomic mass is 10.0. The molecule has 1 aliphatic heterocycles. The van der Waals surface area contributed by atoms with Crippen molar-refractivity contribution in [1.82, 2.24) is 4.98 Å². The maximum atomic E-state index is 10.0. The summed E-state index contributed by atoms with van der Waals surface area (Å²) in [5, 5.41) is 11.1. The van der Waals surface area contributed by atoms with Crippen LogP contribution in [0.25, 0.3) is 0 Å². The van der Waals surface area contributed by atoms with Gasteiger partial charge in [0.1, 0.15) is 0 Å². The number of aliphatic hydroxyl groups is 1. The molecule has 1 saturated heterocycles. The molecule has 1 N–H and O–H groups in total. The Morgan fingerprint density at radius 1 is 1.33 bits per heavy atom. The molecular formula is C13H20N2O2S. The summed E-state index contributed by atoms with van der Waals surface area (Å²) >= 11 is 1.66. The fourth-order valence-electron chi connectivity index (χ4n) is 2.85. The van der Waals surface area contributed by atoms with Gasteiger partial charge in [0.15, 0.2) is 5.13 Å². The quantitative estimate of drug-likeness (QED) is 0.847. The van der Waals surface area contributed by atoms with E-state index in [2.05, 4.69) is 18.7 Å². The second kappa shape index (κ2) is 4.79. The molecule has 18 heavy (non-hydrogen) atoms. The number of hydrogen-bond donors (Lipinski definition) is 1. The first-order chi connectivity index (χ1) is 8.63. The van der Waals surface area contributed by atoms with Crippen molar-refractivity contribution < 1.29 is 9.84 Å². The van der Waals surface area contributed by atoms with E-state index in [4.69, 9.17) is 9.72 Å². The summed E-state index contributed by atoms with van der Waals surface area (Å²) in [5.74, 6) is 0. The summed E-state index contributed by atoms with van der Waals surface area (Å²) in [7, 11) is 0. The van der Waals surface area contributed by atoms with Gasteiger partial charge in [0, 0.05) is 13.1 Å². The highest BCUT2D eigenvalue weighted by molar-refractivity contribution is 7.15. The van der Waals surface area contributed by atoms with E-state index in [-0.39, 0.29) is 18.3 Å². The third kappa shape index (κ3) is 2.27. The van der Waals surface area contributed by atoms with Gasteiger partial charge < -0.3 is 14.7 Å². The second-order valence-electron chi connectivity index (χ2n) is 5.38. The third-order valence-corrected chi connectivity index (χ3v) is 4.86. The largest absolute Gasteiger partial charge is 0.388 e. The zero-order valence-corrected chi connectivity index (χ0v) is 11.7. The molecule has 1 aliphatic carbocycles. The van der Waals surface area contributed by atoms with E-state index in [0.29, 0.717) is 0 Å². The van der Waals surface area contributed by atoms with Gasteiger partial charge in [-0.05, 0) is 33.1 Å². The van der Waals surface area contributed by atoms with Gasteiger partial charge in [0.05, 0.1) is 28.9 Å². The molecule has 0 bridgehead atoms. The predicted molar refractivity (Wildman–Crippen MR) is 72.2 cm³/mol. The molecule has 1 aromatic rings. The minimum atomic E-state index is -0.295. The van der Waals surface area contributed by atoms with Crippen molar-refractivity contribution in [1.29, 1.82) is 0 Å². The van der Waals surface area contributed by atoms with Crippen molar-refractivity contribution in [2.75, 3.05) is 18.0 Å². The summed E-state index contributed by atoms with van der Waals surface area (Å²) in [6.07, 6.45) is 3.14.